The molecule has 3 amide bonds. The number of rotatable bonds is 4. The van der Waals surface area contributed by atoms with Crippen LogP contribution in [0.4, 0.5) is 10.5 Å². The molecule has 1 aliphatic rings. The van der Waals surface area contributed by atoms with Crippen molar-refractivity contribution in [2.24, 2.45) is 11.7 Å². The van der Waals surface area contributed by atoms with Gasteiger partial charge in [0, 0.05) is 18.8 Å². The lowest BCUT2D eigenvalue weighted by Gasteiger charge is -2.21. The Morgan fingerprint density at radius 1 is 1.30 bits per heavy atom. The van der Waals surface area contributed by atoms with Gasteiger partial charge in [0.25, 0.3) is 0 Å². The van der Waals surface area contributed by atoms with Gasteiger partial charge in [0.05, 0.1) is 5.92 Å². The van der Waals surface area contributed by atoms with Gasteiger partial charge < -0.3 is 21.7 Å². The van der Waals surface area contributed by atoms with Gasteiger partial charge in [-0.1, -0.05) is 12.1 Å². The molecule has 0 radical (unpaired) electrons. The maximum atomic E-state index is 12.0. The molecule has 1 aliphatic heterocycles. The van der Waals surface area contributed by atoms with Crippen molar-refractivity contribution in [3.05, 3.63) is 29.8 Å². The molecule has 1 heterocycles. The molecule has 1 fully saturated rings. The standard InChI is InChI=1S/C14H20N4O2/c15-14(20)18-12-5-3-10(4-6-12)8-17-13(19)11-2-1-7-16-9-11/h3-6,11,16H,1-2,7-9H2,(H,17,19)(H3,15,18,20). The van der Waals surface area contributed by atoms with Gasteiger partial charge in [0.15, 0.2) is 0 Å². The second-order valence-corrected chi connectivity index (χ2v) is 4.95. The average molecular weight is 276 g/mol. The molecule has 1 aromatic rings. The number of anilines is 1. The Hall–Kier alpha value is -2.08. The number of carbonyl (C=O) groups is 2. The van der Waals surface area contributed by atoms with E-state index in [1.54, 1.807) is 12.1 Å². The van der Waals surface area contributed by atoms with Crippen LogP contribution in [0.1, 0.15) is 18.4 Å². The topological polar surface area (TPSA) is 96.2 Å². The Balaban J connectivity index is 1.81. The van der Waals surface area contributed by atoms with E-state index in [9.17, 15) is 9.59 Å². The lowest BCUT2D eigenvalue weighted by atomic mass is 9.99. The number of hydrogen-bond acceptors (Lipinski definition) is 3. The maximum Gasteiger partial charge on any atom is 0.316 e. The van der Waals surface area contributed by atoms with E-state index in [0.717, 1.165) is 31.5 Å². The predicted molar refractivity (Wildman–Crippen MR) is 77.1 cm³/mol. The number of amides is 3. The number of urea groups is 1. The van der Waals surface area contributed by atoms with Crippen molar-refractivity contribution in [3.8, 4) is 0 Å². The van der Waals surface area contributed by atoms with E-state index in [0.29, 0.717) is 12.2 Å². The second-order valence-electron chi connectivity index (χ2n) is 4.95. The first kappa shape index (κ1) is 14.3. The molecule has 0 aliphatic carbocycles. The molecule has 1 saturated heterocycles. The molecule has 2 rings (SSSR count). The van der Waals surface area contributed by atoms with Crippen molar-refractivity contribution in [2.75, 3.05) is 18.4 Å². The van der Waals surface area contributed by atoms with Gasteiger partial charge in [0.2, 0.25) is 5.91 Å². The van der Waals surface area contributed by atoms with Gasteiger partial charge >= 0.3 is 6.03 Å². The molecular formula is C14H20N4O2. The monoisotopic (exact) mass is 276 g/mol. The molecule has 1 aromatic carbocycles. The number of benzene rings is 1. The van der Waals surface area contributed by atoms with Crippen LogP contribution >= 0.6 is 0 Å². The van der Waals surface area contributed by atoms with E-state index < -0.39 is 6.03 Å². The Labute approximate surface area is 118 Å². The summed E-state index contributed by atoms with van der Waals surface area (Å²) in [5, 5.41) is 8.66. The summed E-state index contributed by atoms with van der Waals surface area (Å²) in [6.45, 7) is 2.25. The number of primary amides is 1. The number of piperidine rings is 1. The first-order chi connectivity index (χ1) is 9.65. The first-order valence-electron chi connectivity index (χ1n) is 6.79. The Kier molecular flexibility index (Phi) is 4.95. The molecule has 108 valence electrons. The van der Waals surface area contributed by atoms with Gasteiger partial charge in [-0.25, -0.2) is 4.79 Å². The van der Waals surface area contributed by atoms with Crippen LogP contribution in [0.3, 0.4) is 0 Å². The molecule has 0 saturated carbocycles. The number of nitrogens with two attached hydrogens (primary N) is 1. The third-order valence-electron chi connectivity index (χ3n) is 3.36. The van der Waals surface area contributed by atoms with E-state index in [2.05, 4.69) is 16.0 Å². The van der Waals surface area contributed by atoms with Gasteiger partial charge in [-0.3, -0.25) is 4.79 Å². The summed E-state index contributed by atoms with van der Waals surface area (Å²) in [4.78, 5) is 22.7. The van der Waals surface area contributed by atoms with Gasteiger partial charge in [0.1, 0.15) is 0 Å². The summed E-state index contributed by atoms with van der Waals surface area (Å²) in [6, 6.07) is 6.63. The minimum Gasteiger partial charge on any atom is -0.352 e. The predicted octanol–water partition coefficient (Wildman–Crippen LogP) is 0.793. The maximum absolute atomic E-state index is 12.0. The highest BCUT2D eigenvalue weighted by Crippen LogP contribution is 2.11. The van der Waals surface area contributed by atoms with E-state index in [4.69, 9.17) is 5.73 Å². The van der Waals surface area contributed by atoms with Gasteiger partial charge in [-0.05, 0) is 37.1 Å². The SMILES string of the molecule is NC(=O)Nc1ccc(CNC(=O)C2CCCNC2)cc1. The molecule has 6 heteroatoms. The van der Waals surface area contributed by atoms with Crippen LogP contribution < -0.4 is 21.7 Å². The summed E-state index contributed by atoms with van der Waals surface area (Å²) in [5.74, 6) is 0.163. The molecule has 1 unspecified atom stereocenters. The molecular weight excluding hydrogens is 256 g/mol. The summed E-state index contributed by atoms with van der Waals surface area (Å²) in [6.07, 6.45) is 1.99. The lowest BCUT2D eigenvalue weighted by Crippen LogP contribution is -2.40. The van der Waals surface area contributed by atoms with Crippen LogP contribution in [-0.2, 0) is 11.3 Å². The fraction of sp³-hybridized carbons (Fsp3) is 0.429. The summed E-state index contributed by atoms with van der Waals surface area (Å²) < 4.78 is 0. The van der Waals surface area contributed by atoms with Crippen molar-refractivity contribution in [1.82, 2.24) is 10.6 Å². The van der Waals surface area contributed by atoms with Crippen molar-refractivity contribution >= 4 is 17.6 Å². The van der Waals surface area contributed by atoms with Gasteiger partial charge in [-0.2, -0.15) is 0 Å². The van der Waals surface area contributed by atoms with E-state index in [1.807, 2.05) is 12.1 Å². The Bertz CT molecular complexity index is 467. The third kappa shape index (κ3) is 4.24. The van der Waals surface area contributed by atoms with Crippen LogP contribution in [0, 0.1) is 5.92 Å². The van der Waals surface area contributed by atoms with Crippen molar-refractivity contribution in [3.63, 3.8) is 0 Å². The minimum atomic E-state index is -0.587. The highest BCUT2D eigenvalue weighted by molar-refractivity contribution is 5.87. The fourth-order valence-corrected chi connectivity index (χ4v) is 2.26. The highest BCUT2D eigenvalue weighted by atomic mass is 16.2. The number of nitrogens with one attached hydrogen (secondary N) is 3. The van der Waals surface area contributed by atoms with Crippen LogP contribution in [0.25, 0.3) is 0 Å². The zero-order chi connectivity index (χ0) is 14.4. The molecule has 5 N–H and O–H groups in total. The normalized spacial score (nSPS) is 18.3. The average Bonchev–Trinajstić information content (AvgIpc) is 2.46. The summed E-state index contributed by atoms with van der Waals surface area (Å²) in [7, 11) is 0. The zero-order valence-corrected chi connectivity index (χ0v) is 11.3. The highest BCUT2D eigenvalue weighted by Gasteiger charge is 2.20. The van der Waals surface area contributed by atoms with Crippen LogP contribution in [0.15, 0.2) is 24.3 Å². The van der Waals surface area contributed by atoms with E-state index in [1.165, 1.54) is 0 Å². The summed E-state index contributed by atoms with van der Waals surface area (Å²) >= 11 is 0. The Morgan fingerprint density at radius 2 is 2.05 bits per heavy atom. The smallest absolute Gasteiger partial charge is 0.316 e. The zero-order valence-electron chi connectivity index (χ0n) is 11.3. The van der Waals surface area contributed by atoms with Gasteiger partial charge in [-0.15, -0.1) is 0 Å². The molecule has 6 nitrogen and oxygen atoms in total. The Morgan fingerprint density at radius 3 is 2.65 bits per heavy atom. The van der Waals surface area contributed by atoms with Crippen LogP contribution in [0.2, 0.25) is 0 Å². The van der Waals surface area contributed by atoms with Crippen molar-refractivity contribution in [1.29, 1.82) is 0 Å². The van der Waals surface area contributed by atoms with E-state index in [-0.39, 0.29) is 11.8 Å². The van der Waals surface area contributed by atoms with Crippen LogP contribution in [-0.4, -0.2) is 25.0 Å². The molecule has 0 spiro atoms. The first-order valence-corrected chi connectivity index (χ1v) is 6.79. The fourth-order valence-electron chi connectivity index (χ4n) is 2.26. The molecule has 0 bridgehead atoms. The molecule has 1 atom stereocenters. The van der Waals surface area contributed by atoms with Crippen molar-refractivity contribution < 1.29 is 9.59 Å². The second kappa shape index (κ2) is 6.91. The van der Waals surface area contributed by atoms with Crippen LogP contribution in [0.5, 0.6) is 0 Å². The summed E-state index contributed by atoms with van der Waals surface area (Å²) in [5.41, 5.74) is 6.66. The molecule has 0 aromatic heterocycles. The minimum absolute atomic E-state index is 0.0690. The lowest BCUT2D eigenvalue weighted by molar-refractivity contribution is -0.125. The molecule has 20 heavy (non-hydrogen) atoms. The van der Waals surface area contributed by atoms with E-state index >= 15 is 0 Å². The number of carbonyl (C=O) groups excluding carboxylic acids is 2. The third-order valence-corrected chi connectivity index (χ3v) is 3.36. The van der Waals surface area contributed by atoms with Crippen molar-refractivity contribution in [2.45, 2.75) is 19.4 Å². The number of hydrogen-bond donors (Lipinski definition) is 4. The largest absolute Gasteiger partial charge is 0.352 e. The quantitative estimate of drug-likeness (QED) is 0.654.